The summed E-state index contributed by atoms with van der Waals surface area (Å²) < 4.78 is 4.38. The zero-order valence-corrected chi connectivity index (χ0v) is 7.19. The molecule has 0 aliphatic carbocycles. The lowest BCUT2D eigenvalue weighted by atomic mass is 10.3. The highest BCUT2D eigenvalue weighted by atomic mass is 16.5. The molecule has 0 amide bonds. The molecule has 68 valence electrons. The van der Waals surface area contributed by atoms with Crippen molar-refractivity contribution in [1.29, 1.82) is 0 Å². The fourth-order valence-electron chi connectivity index (χ4n) is 0.586. The molecule has 1 N–H and O–H groups in total. The fraction of sp³-hybridized carbons (Fsp3) is 0.444. The highest BCUT2D eigenvalue weighted by Crippen LogP contribution is 1.89. The van der Waals surface area contributed by atoms with Crippen LogP contribution in [0.4, 0.5) is 0 Å². The van der Waals surface area contributed by atoms with Crippen LogP contribution in [0.1, 0.15) is 12.8 Å². The molecule has 12 heavy (non-hydrogen) atoms. The molecule has 0 unspecified atom stereocenters. The largest absolute Gasteiger partial charge is 0.466 e. The number of carbonyl (C=O) groups is 1. The van der Waals surface area contributed by atoms with Gasteiger partial charge >= 0.3 is 5.97 Å². The standard InChI is InChI=1S/C9H14O3/c1-12-9(11)7-5-3-2-4-6-8-10/h2-3,5,7,10H,4,6,8H2,1H3/b3-2+,7-5+. The summed E-state index contributed by atoms with van der Waals surface area (Å²) in [6, 6.07) is 0. The Bertz CT molecular complexity index is 171. The molecule has 0 fully saturated rings. The van der Waals surface area contributed by atoms with Crippen LogP contribution in [0.2, 0.25) is 0 Å². The quantitative estimate of drug-likeness (QED) is 0.290. The van der Waals surface area contributed by atoms with E-state index in [0.29, 0.717) is 0 Å². The molecule has 0 aromatic heterocycles. The van der Waals surface area contributed by atoms with Crippen LogP contribution < -0.4 is 0 Å². The molecule has 0 aromatic carbocycles. The van der Waals surface area contributed by atoms with E-state index >= 15 is 0 Å². The maximum absolute atomic E-state index is 10.5. The maximum Gasteiger partial charge on any atom is 0.330 e. The lowest BCUT2D eigenvalue weighted by molar-refractivity contribution is -0.134. The van der Waals surface area contributed by atoms with Gasteiger partial charge < -0.3 is 9.84 Å². The van der Waals surface area contributed by atoms with Crippen molar-refractivity contribution in [3.8, 4) is 0 Å². The van der Waals surface area contributed by atoms with Crippen LogP contribution in [0, 0.1) is 0 Å². The molecule has 0 atom stereocenters. The van der Waals surface area contributed by atoms with E-state index in [1.54, 1.807) is 12.2 Å². The first-order valence-corrected chi connectivity index (χ1v) is 3.83. The number of aliphatic hydroxyl groups excluding tert-OH is 1. The van der Waals surface area contributed by atoms with E-state index in [9.17, 15) is 4.79 Å². The zero-order chi connectivity index (χ0) is 9.23. The molecule has 0 aliphatic rings. The Hall–Kier alpha value is -1.09. The number of allylic oxidation sites excluding steroid dienone is 3. The monoisotopic (exact) mass is 170 g/mol. The SMILES string of the molecule is COC(=O)/C=C/C=C/CCCO. The molecule has 0 bridgehead atoms. The second-order valence-electron chi connectivity index (χ2n) is 2.18. The van der Waals surface area contributed by atoms with Crippen molar-refractivity contribution in [2.45, 2.75) is 12.8 Å². The Balaban J connectivity index is 3.45. The lowest BCUT2D eigenvalue weighted by Crippen LogP contribution is -1.92. The molecule has 0 radical (unpaired) electrons. The van der Waals surface area contributed by atoms with Crippen molar-refractivity contribution in [3.63, 3.8) is 0 Å². The van der Waals surface area contributed by atoms with Gasteiger partial charge in [0, 0.05) is 12.7 Å². The predicted molar refractivity (Wildman–Crippen MR) is 46.6 cm³/mol. The summed E-state index contributed by atoms with van der Waals surface area (Å²) in [7, 11) is 1.34. The van der Waals surface area contributed by atoms with E-state index in [4.69, 9.17) is 5.11 Å². The summed E-state index contributed by atoms with van der Waals surface area (Å²) in [6.07, 6.45) is 8.17. The normalized spacial score (nSPS) is 11.2. The molecule has 0 saturated carbocycles. The molecule has 0 rings (SSSR count). The van der Waals surface area contributed by atoms with Gasteiger partial charge in [-0.15, -0.1) is 0 Å². The first-order valence-electron chi connectivity index (χ1n) is 3.83. The van der Waals surface area contributed by atoms with Gasteiger partial charge in [-0.25, -0.2) is 4.79 Å². The minimum atomic E-state index is -0.359. The van der Waals surface area contributed by atoms with Crippen LogP contribution in [0.15, 0.2) is 24.3 Å². The minimum absolute atomic E-state index is 0.199. The second-order valence-corrected chi connectivity index (χ2v) is 2.18. The van der Waals surface area contributed by atoms with Gasteiger partial charge in [0.25, 0.3) is 0 Å². The molecule has 0 spiro atoms. The highest BCUT2D eigenvalue weighted by molar-refractivity contribution is 5.82. The topological polar surface area (TPSA) is 46.5 Å². The summed E-state index contributed by atoms with van der Waals surface area (Å²) in [4.78, 5) is 10.5. The minimum Gasteiger partial charge on any atom is -0.466 e. The van der Waals surface area contributed by atoms with Gasteiger partial charge in [0.1, 0.15) is 0 Å². The highest BCUT2D eigenvalue weighted by Gasteiger charge is 1.86. The van der Waals surface area contributed by atoms with E-state index in [0.717, 1.165) is 12.8 Å². The molecule has 0 saturated heterocycles. The van der Waals surface area contributed by atoms with Crippen molar-refractivity contribution in [3.05, 3.63) is 24.3 Å². The van der Waals surface area contributed by atoms with Gasteiger partial charge in [-0.3, -0.25) is 0 Å². The van der Waals surface area contributed by atoms with Gasteiger partial charge in [-0.05, 0) is 12.8 Å². The van der Waals surface area contributed by atoms with Crippen LogP contribution in [-0.2, 0) is 9.53 Å². The number of ether oxygens (including phenoxy) is 1. The molecule has 3 heteroatoms. The second kappa shape index (κ2) is 8.01. The number of hydrogen-bond acceptors (Lipinski definition) is 3. The van der Waals surface area contributed by atoms with Gasteiger partial charge in [-0.2, -0.15) is 0 Å². The molecule has 3 nitrogen and oxygen atoms in total. The summed E-state index contributed by atoms with van der Waals surface area (Å²) >= 11 is 0. The Morgan fingerprint density at radius 2 is 2.25 bits per heavy atom. The Morgan fingerprint density at radius 1 is 1.50 bits per heavy atom. The first kappa shape index (κ1) is 10.9. The lowest BCUT2D eigenvalue weighted by Gasteiger charge is -1.87. The average molecular weight is 170 g/mol. The summed E-state index contributed by atoms with van der Waals surface area (Å²) in [5.41, 5.74) is 0. The van der Waals surface area contributed by atoms with Crippen molar-refractivity contribution in [1.82, 2.24) is 0 Å². The van der Waals surface area contributed by atoms with Crippen LogP contribution >= 0.6 is 0 Å². The number of unbranched alkanes of at least 4 members (excludes halogenated alkanes) is 1. The van der Waals surface area contributed by atoms with Crippen LogP contribution in [0.25, 0.3) is 0 Å². The van der Waals surface area contributed by atoms with E-state index in [1.807, 2.05) is 6.08 Å². The third-order valence-electron chi connectivity index (χ3n) is 1.21. The molecule has 0 heterocycles. The van der Waals surface area contributed by atoms with Crippen molar-refractivity contribution in [2.24, 2.45) is 0 Å². The Morgan fingerprint density at radius 3 is 2.83 bits per heavy atom. The van der Waals surface area contributed by atoms with Crippen molar-refractivity contribution >= 4 is 5.97 Å². The molecule has 0 aliphatic heterocycles. The summed E-state index contributed by atoms with van der Waals surface area (Å²) in [5.74, 6) is -0.359. The van der Waals surface area contributed by atoms with Crippen LogP contribution in [0.3, 0.4) is 0 Å². The number of hydrogen-bond donors (Lipinski definition) is 1. The molecular weight excluding hydrogens is 156 g/mol. The third-order valence-corrected chi connectivity index (χ3v) is 1.21. The molecule has 0 aromatic rings. The number of esters is 1. The fourth-order valence-corrected chi connectivity index (χ4v) is 0.586. The Kier molecular flexibility index (Phi) is 7.28. The van der Waals surface area contributed by atoms with E-state index in [-0.39, 0.29) is 12.6 Å². The number of aliphatic hydroxyl groups is 1. The number of methoxy groups -OCH3 is 1. The molecular formula is C9H14O3. The third kappa shape index (κ3) is 7.02. The van der Waals surface area contributed by atoms with E-state index in [1.165, 1.54) is 13.2 Å². The average Bonchev–Trinajstić information content (AvgIpc) is 2.10. The van der Waals surface area contributed by atoms with Gasteiger partial charge in [0.05, 0.1) is 7.11 Å². The van der Waals surface area contributed by atoms with Crippen molar-refractivity contribution in [2.75, 3.05) is 13.7 Å². The van der Waals surface area contributed by atoms with E-state index < -0.39 is 0 Å². The summed E-state index contributed by atoms with van der Waals surface area (Å²) in [6.45, 7) is 0.199. The van der Waals surface area contributed by atoms with Crippen LogP contribution in [-0.4, -0.2) is 24.8 Å². The van der Waals surface area contributed by atoms with Crippen LogP contribution in [0.5, 0.6) is 0 Å². The van der Waals surface area contributed by atoms with Gasteiger partial charge in [0.2, 0.25) is 0 Å². The Labute approximate surface area is 72.3 Å². The van der Waals surface area contributed by atoms with Crippen molar-refractivity contribution < 1.29 is 14.6 Å². The van der Waals surface area contributed by atoms with Gasteiger partial charge in [0.15, 0.2) is 0 Å². The first-order chi connectivity index (χ1) is 5.81. The number of rotatable bonds is 5. The smallest absolute Gasteiger partial charge is 0.330 e. The maximum atomic E-state index is 10.5. The number of carbonyl (C=O) groups excluding carboxylic acids is 1. The summed E-state index contributed by atoms with van der Waals surface area (Å²) in [5, 5.41) is 8.42. The van der Waals surface area contributed by atoms with Gasteiger partial charge in [-0.1, -0.05) is 18.2 Å². The zero-order valence-electron chi connectivity index (χ0n) is 7.19. The predicted octanol–water partition coefficient (Wildman–Crippen LogP) is 1.04. The van der Waals surface area contributed by atoms with E-state index in [2.05, 4.69) is 4.74 Å².